The second-order valence-electron chi connectivity index (χ2n) is 5.89. The number of carbonyl (C=O) groups excluding carboxylic acids is 1. The number of ether oxygens (including phenoxy) is 2. The lowest BCUT2D eigenvalue weighted by Gasteiger charge is -2.10. The van der Waals surface area contributed by atoms with Crippen LogP contribution in [0.5, 0.6) is 11.5 Å². The average molecular weight is 317 g/mol. The molecule has 0 saturated heterocycles. The highest BCUT2D eigenvalue weighted by atomic mass is 16.5. The van der Waals surface area contributed by atoms with Gasteiger partial charge in [-0.15, -0.1) is 0 Å². The molecule has 0 spiro atoms. The third kappa shape index (κ3) is 5.02. The second-order valence-corrected chi connectivity index (χ2v) is 5.89. The zero-order valence-corrected chi connectivity index (χ0v) is 14.4. The van der Waals surface area contributed by atoms with E-state index in [-0.39, 0.29) is 12.0 Å². The SMILES string of the molecule is CCCCCNC(=O)C=Cc1cc2c(cc1OCC)CC(C)O2. The Morgan fingerprint density at radius 1 is 1.39 bits per heavy atom. The summed E-state index contributed by atoms with van der Waals surface area (Å²) in [5.74, 6) is 1.63. The van der Waals surface area contributed by atoms with Gasteiger partial charge in [0.1, 0.15) is 17.6 Å². The highest BCUT2D eigenvalue weighted by Crippen LogP contribution is 2.35. The Labute approximate surface area is 138 Å². The molecule has 0 radical (unpaired) electrons. The molecule has 2 rings (SSSR count). The van der Waals surface area contributed by atoms with Crippen molar-refractivity contribution in [2.24, 2.45) is 0 Å². The molecule has 126 valence electrons. The van der Waals surface area contributed by atoms with Crippen molar-refractivity contribution >= 4 is 12.0 Å². The van der Waals surface area contributed by atoms with Gasteiger partial charge in [-0.05, 0) is 38.5 Å². The molecule has 4 nitrogen and oxygen atoms in total. The summed E-state index contributed by atoms with van der Waals surface area (Å²) in [5.41, 5.74) is 2.05. The van der Waals surface area contributed by atoms with Crippen LogP contribution in [-0.4, -0.2) is 25.2 Å². The largest absolute Gasteiger partial charge is 0.493 e. The third-order valence-corrected chi connectivity index (χ3v) is 3.82. The Bertz CT molecular complexity index is 566. The summed E-state index contributed by atoms with van der Waals surface area (Å²) >= 11 is 0. The first-order chi connectivity index (χ1) is 11.1. The minimum absolute atomic E-state index is 0.0710. The standard InChI is InChI=1S/C19H27NO3/c1-4-6-7-10-20-19(21)9-8-15-12-18-16(11-14(3)23-18)13-17(15)22-5-2/h8-9,12-14H,4-7,10-11H2,1-3H3,(H,20,21). The van der Waals surface area contributed by atoms with Crippen molar-refractivity contribution in [1.29, 1.82) is 0 Å². The minimum atomic E-state index is -0.0710. The molecular formula is C19H27NO3. The van der Waals surface area contributed by atoms with Gasteiger partial charge in [-0.3, -0.25) is 4.79 Å². The molecule has 0 aliphatic carbocycles. The molecule has 1 unspecified atom stereocenters. The molecule has 1 heterocycles. The topological polar surface area (TPSA) is 47.6 Å². The van der Waals surface area contributed by atoms with Crippen molar-refractivity contribution < 1.29 is 14.3 Å². The van der Waals surface area contributed by atoms with Crippen LogP contribution >= 0.6 is 0 Å². The van der Waals surface area contributed by atoms with Gasteiger partial charge in [0.2, 0.25) is 5.91 Å². The number of carbonyl (C=O) groups is 1. The maximum absolute atomic E-state index is 11.9. The molecule has 1 atom stereocenters. The van der Waals surface area contributed by atoms with Gasteiger partial charge < -0.3 is 14.8 Å². The van der Waals surface area contributed by atoms with Gasteiger partial charge in [0.25, 0.3) is 0 Å². The van der Waals surface area contributed by atoms with Crippen molar-refractivity contribution in [2.45, 2.75) is 52.6 Å². The van der Waals surface area contributed by atoms with Crippen molar-refractivity contribution in [1.82, 2.24) is 5.32 Å². The van der Waals surface area contributed by atoms with Crippen LogP contribution in [0.15, 0.2) is 18.2 Å². The van der Waals surface area contributed by atoms with Crippen LogP contribution in [0, 0.1) is 0 Å². The van der Waals surface area contributed by atoms with Crippen LogP contribution in [0.25, 0.3) is 6.08 Å². The zero-order chi connectivity index (χ0) is 16.7. The van der Waals surface area contributed by atoms with Crippen LogP contribution in [0.4, 0.5) is 0 Å². The van der Waals surface area contributed by atoms with Crippen molar-refractivity contribution in [2.75, 3.05) is 13.2 Å². The van der Waals surface area contributed by atoms with E-state index >= 15 is 0 Å². The third-order valence-electron chi connectivity index (χ3n) is 3.82. The number of fused-ring (bicyclic) bond motifs is 1. The van der Waals surface area contributed by atoms with Crippen molar-refractivity contribution in [3.05, 3.63) is 29.3 Å². The Morgan fingerprint density at radius 2 is 2.22 bits per heavy atom. The molecule has 1 aliphatic rings. The molecule has 1 aromatic carbocycles. The molecule has 1 amide bonds. The van der Waals surface area contributed by atoms with E-state index in [0.717, 1.165) is 49.3 Å². The lowest BCUT2D eigenvalue weighted by molar-refractivity contribution is -0.116. The number of unbranched alkanes of at least 4 members (excludes halogenated alkanes) is 2. The van der Waals surface area contributed by atoms with E-state index in [1.54, 1.807) is 12.2 Å². The van der Waals surface area contributed by atoms with E-state index in [1.165, 1.54) is 5.56 Å². The van der Waals surface area contributed by atoms with Gasteiger partial charge in [0, 0.05) is 30.2 Å². The van der Waals surface area contributed by atoms with Gasteiger partial charge >= 0.3 is 0 Å². The summed E-state index contributed by atoms with van der Waals surface area (Å²) in [6.45, 7) is 7.48. The van der Waals surface area contributed by atoms with Gasteiger partial charge in [-0.1, -0.05) is 19.8 Å². The molecule has 1 aromatic rings. The molecule has 1 aliphatic heterocycles. The van der Waals surface area contributed by atoms with E-state index in [1.807, 2.05) is 19.1 Å². The highest BCUT2D eigenvalue weighted by Gasteiger charge is 2.21. The molecular weight excluding hydrogens is 290 g/mol. The maximum atomic E-state index is 11.9. The van der Waals surface area contributed by atoms with Gasteiger partial charge in [0.05, 0.1) is 6.61 Å². The number of hydrogen-bond donors (Lipinski definition) is 1. The predicted molar refractivity (Wildman–Crippen MR) is 93.0 cm³/mol. The molecule has 4 heteroatoms. The molecule has 0 fully saturated rings. The average Bonchev–Trinajstić information content (AvgIpc) is 2.88. The number of nitrogens with one attached hydrogen (secondary N) is 1. The summed E-state index contributed by atoms with van der Waals surface area (Å²) < 4.78 is 11.5. The van der Waals surface area contributed by atoms with Crippen LogP contribution in [0.1, 0.15) is 51.2 Å². The molecule has 0 saturated carbocycles. The summed E-state index contributed by atoms with van der Waals surface area (Å²) in [7, 11) is 0. The summed E-state index contributed by atoms with van der Waals surface area (Å²) in [5, 5.41) is 2.90. The van der Waals surface area contributed by atoms with E-state index in [9.17, 15) is 4.79 Å². The number of rotatable bonds is 8. The molecule has 0 bridgehead atoms. The predicted octanol–water partition coefficient (Wildman–Crippen LogP) is 3.73. The lowest BCUT2D eigenvalue weighted by atomic mass is 10.1. The minimum Gasteiger partial charge on any atom is -0.493 e. The molecule has 1 N–H and O–H groups in total. The Morgan fingerprint density at radius 3 is 2.96 bits per heavy atom. The first-order valence-electron chi connectivity index (χ1n) is 8.56. The zero-order valence-electron chi connectivity index (χ0n) is 14.4. The first-order valence-corrected chi connectivity index (χ1v) is 8.56. The van der Waals surface area contributed by atoms with Crippen LogP contribution in [0.3, 0.4) is 0 Å². The van der Waals surface area contributed by atoms with Gasteiger partial charge in [0.15, 0.2) is 0 Å². The van der Waals surface area contributed by atoms with Gasteiger partial charge in [-0.2, -0.15) is 0 Å². The van der Waals surface area contributed by atoms with E-state index in [0.29, 0.717) is 6.61 Å². The summed E-state index contributed by atoms with van der Waals surface area (Å²) in [6.07, 6.45) is 7.76. The number of amides is 1. The summed E-state index contributed by atoms with van der Waals surface area (Å²) in [6, 6.07) is 3.99. The highest BCUT2D eigenvalue weighted by molar-refractivity contribution is 5.92. The fourth-order valence-electron chi connectivity index (χ4n) is 2.68. The van der Waals surface area contributed by atoms with E-state index in [2.05, 4.69) is 19.2 Å². The number of benzene rings is 1. The Hall–Kier alpha value is -1.97. The normalized spacial score (nSPS) is 16.2. The monoisotopic (exact) mass is 317 g/mol. The second kappa shape index (κ2) is 8.61. The quantitative estimate of drug-likeness (QED) is 0.587. The van der Waals surface area contributed by atoms with E-state index in [4.69, 9.17) is 9.47 Å². The Kier molecular flexibility index (Phi) is 6.51. The van der Waals surface area contributed by atoms with E-state index < -0.39 is 0 Å². The Balaban J connectivity index is 2.04. The van der Waals surface area contributed by atoms with Crippen LogP contribution in [-0.2, 0) is 11.2 Å². The van der Waals surface area contributed by atoms with Crippen LogP contribution < -0.4 is 14.8 Å². The van der Waals surface area contributed by atoms with Crippen molar-refractivity contribution in [3.63, 3.8) is 0 Å². The van der Waals surface area contributed by atoms with Gasteiger partial charge in [-0.25, -0.2) is 0 Å². The van der Waals surface area contributed by atoms with Crippen molar-refractivity contribution in [3.8, 4) is 11.5 Å². The molecule has 23 heavy (non-hydrogen) atoms. The fraction of sp³-hybridized carbons (Fsp3) is 0.526. The lowest BCUT2D eigenvalue weighted by Crippen LogP contribution is -2.21. The maximum Gasteiger partial charge on any atom is 0.244 e. The first kappa shape index (κ1) is 17.4. The number of hydrogen-bond acceptors (Lipinski definition) is 3. The smallest absolute Gasteiger partial charge is 0.244 e. The fourth-order valence-corrected chi connectivity index (χ4v) is 2.68. The summed E-state index contributed by atoms with van der Waals surface area (Å²) in [4.78, 5) is 11.9. The molecule has 0 aromatic heterocycles. The van der Waals surface area contributed by atoms with Crippen LogP contribution in [0.2, 0.25) is 0 Å².